The van der Waals surface area contributed by atoms with Gasteiger partial charge in [-0.05, 0) is 36.8 Å². The van der Waals surface area contributed by atoms with Gasteiger partial charge in [-0.3, -0.25) is 4.98 Å². The van der Waals surface area contributed by atoms with Crippen LogP contribution in [0.25, 0.3) is 0 Å². The molecule has 1 aromatic carbocycles. The van der Waals surface area contributed by atoms with Gasteiger partial charge in [0.1, 0.15) is 0 Å². The molecule has 5 nitrogen and oxygen atoms in total. The lowest BCUT2D eigenvalue weighted by atomic mass is 10.2. The number of urea groups is 1. The molecular formula is C16H18FN3O2. The standard InChI is InChI=1S/C16H18FN3O2/c1-3-20(16(21)19-13-5-4-8-18-10-13)11-12-6-7-15(22-2)14(17)9-12/h4-10H,3,11H2,1-2H3,(H,19,21). The van der Waals surface area contributed by atoms with Crippen molar-refractivity contribution in [2.45, 2.75) is 13.5 Å². The summed E-state index contributed by atoms with van der Waals surface area (Å²) in [6, 6.07) is 7.90. The molecule has 0 atom stereocenters. The molecule has 0 aliphatic carbocycles. The quantitative estimate of drug-likeness (QED) is 0.922. The van der Waals surface area contributed by atoms with Gasteiger partial charge in [-0.25, -0.2) is 9.18 Å². The highest BCUT2D eigenvalue weighted by Gasteiger charge is 2.13. The summed E-state index contributed by atoms with van der Waals surface area (Å²) >= 11 is 0. The molecule has 6 heteroatoms. The van der Waals surface area contributed by atoms with Crippen LogP contribution in [0.15, 0.2) is 42.7 Å². The van der Waals surface area contributed by atoms with Crippen LogP contribution in [-0.2, 0) is 6.54 Å². The van der Waals surface area contributed by atoms with Crippen molar-refractivity contribution >= 4 is 11.7 Å². The van der Waals surface area contributed by atoms with E-state index < -0.39 is 5.82 Å². The number of rotatable bonds is 5. The first-order valence-corrected chi connectivity index (χ1v) is 6.92. The van der Waals surface area contributed by atoms with Crippen molar-refractivity contribution in [3.05, 3.63) is 54.1 Å². The smallest absolute Gasteiger partial charge is 0.322 e. The molecule has 0 bridgehead atoms. The summed E-state index contributed by atoms with van der Waals surface area (Å²) in [7, 11) is 1.41. The third-order valence-electron chi connectivity index (χ3n) is 3.17. The van der Waals surface area contributed by atoms with E-state index in [1.54, 1.807) is 41.6 Å². The predicted molar refractivity (Wildman–Crippen MR) is 82.3 cm³/mol. The number of nitrogens with zero attached hydrogens (tertiary/aromatic N) is 2. The van der Waals surface area contributed by atoms with E-state index in [9.17, 15) is 9.18 Å². The van der Waals surface area contributed by atoms with E-state index in [-0.39, 0.29) is 11.8 Å². The fourth-order valence-corrected chi connectivity index (χ4v) is 2.00. The van der Waals surface area contributed by atoms with Crippen LogP contribution in [0, 0.1) is 5.82 Å². The lowest BCUT2D eigenvalue weighted by Crippen LogP contribution is -2.34. The average Bonchev–Trinajstić information content (AvgIpc) is 2.53. The van der Waals surface area contributed by atoms with Crippen molar-refractivity contribution in [3.8, 4) is 5.75 Å². The van der Waals surface area contributed by atoms with Crippen molar-refractivity contribution in [2.75, 3.05) is 19.0 Å². The van der Waals surface area contributed by atoms with E-state index in [1.807, 2.05) is 6.92 Å². The number of hydrogen-bond acceptors (Lipinski definition) is 3. The topological polar surface area (TPSA) is 54.5 Å². The summed E-state index contributed by atoms with van der Waals surface area (Å²) in [5.41, 5.74) is 1.31. The zero-order valence-corrected chi connectivity index (χ0v) is 12.5. The minimum absolute atomic E-state index is 0.187. The molecule has 0 spiro atoms. The van der Waals surface area contributed by atoms with Gasteiger partial charge >= 0.3 is 6.03 Å². The summed E-state index contributed by atoms with van der Waals surface area (Å²) in [5, 5.41) is 2.76. The van der Waals surface area contributed by atoms with Crippen molar-refractivity contribution in [1.82, 2.24) is 9.88 Å². The average molecular weight is 303 g/mol. The summed E-state index contributed by atoms with van der Waals surface area (Å²) < 4.78 is 18.6. The van der Waals surface area contributed by atoms with E-state index in [0.29, 0.717) is 24.3 Å². The van der Waals surface area contributed by atoms with Gasteiger partial charge in [0.2, 0.25) is 0 Å². The summed E-state index contributed by atoms with van der Waals surface area (Å²) in [6.07, 6.45) is 3.20. The molecule has 0 fully saturated rings. The number of ether oxygens (including phenoxy) is 1. The second-order valence-corrected chi connectivity index (χ2v) is 4.65. The third-order valence-corrected chi connectivity index (χ3v) is 3.17. The van der Waals surface area contributed by atoms with Gasteiger partial charge in [0.15, 0.2) is 11.6 Å². The maximum absolute atomic E-state index is 13.7. The molecular weight excluding hydrogens is 285 g/mol. The van der Waals surface area contributed by atoms with E-state index in [1.165, 1.54) is 13.2 Å². The first-order valence-electron chi connectivity index (χ1n) is 6.92. The number of amides is 2. The predicted octanol–water partition coefficient (Wildman–Crippen LogP) is 3.28. The van der Waals surface area contributed by atoms with Crippen molar-refractivity contribution in [3.63, 3.8) is 0 Å². The Kier molecular flexibility index (Phi) is 5.30. The number of anilines is 1. The Bertz CT molecular complexity index is 635. The second-order valence-electron chi connectivity index (χ2n) is 4.65. The van der Waals surface area contributed by atoms with Crippen molar-refractivity contribution in [2.24, 2.45) is 0 Å². The van der Waals surface area contributed by atoms with Crippen LogP contribution in [0.2, 0.25) is 0 Å². The number of benzene rings is 1. The number of hydrogen-bond donors (Lipinski definition) is 1. The summed E-state index contributed by atoms with van der Waals surface area (Å²) in [5.74, 6) is -0.254. The fourth-order valence-electron chi connectivity index (χ4n) is 2.00. The van der Waals surface area contributed by atoms with Gasteiger partial charge in [-0.1, -0.05) is 6.07 Å². The van der Waals surface area contributed by atoms with Crippen LogP contribution in [0.3, 0.4) is 0 Å². The number of methoxy groups -OCH3 is 1. The van der Waals surface area contributed by atoms with Gasteiger partial charge in [0.05, 0.1) is 19.0 Å². The van der Waals surface area contributed by atoms with Crippen molar-refractivity contribution in [1.29, 1.82) is 0 Å². The summed E-state index contributed by atoms with van der Waals surface area (Å²) in [4.78, 5) is 17.7. The van der Waals surface area contributed by atoms with Crippen LogP contribution in [0.1, 0.15) is 12.5 Å². The van der Waals surface area contributed by atoms with Crippen molar-refractivity contribution < 1.29 is 13.9 Å². The van der Waals surface area contributed by atoms with Gasteiger partial charge in [-0.15, -0.1) is 0 Å². The van der Waals surface area contributed by atoms with Gasteiger partial charge in [0.25, 0.3) is 0 Å². The molecule has 22 heavy (non-hydrogen) atoms. The minimum Gasteiger partial charge on any atom is -0.494 e. The molecule has 1 aromatic heterocycles. The van der Waals surface area contributed by atoms with Gasteiger partial charge < -0.3 is 15.0 Å². The molecule has 2 aromatic rings. The number of aromatic nitrogens is 1. The Morgan fingerprint density at radius 1 is 1.41 bits per heavy atom. The highest BCUT2D eigenvalue weighted by molar-refractivity contribution is 5.89. The molecule has 0 saturated carbocycles. The Morgan fingerprint density at radius 3 is 2.82 bits per heavy atom. The molecule has 1 N–H and O–H groups in total. The van der Waals surface area contributed by atoms with Crippen LogP contribution in [0.5, 0.6) is 5.75 Å². The van der Waals surface area contributed by atoms with E-state index >= 15 is 0 Å². The molecule has 0 aliphatic rings. The normalized spacial score (nSPS) is 10.1. The van der Waals surface area contributed by atoms with Crippen LogP contribution < -0.4 is 10.1 Å². The molecule has 0 radical (unpaired) electrons. The zero-order valence-electron chi connectivity index (χ0n) is 12.5. The maximum Gasteiger partial charge on any atom is 0.322 e. The molecule has 2 rings (SSSR count). The Balaban J connectivity index is 2.05. The van der Waals surface area contributed by atoms with E-state index in [2.05, 4.69) is 10.3 Å². The van der Waals surface area contributed by atoms with Crippen LogP contribution >= 0.6 is 0 Å². The number of pyridine rings is 1. The van der Waals surface area contributed by atoms with Crippen LogP contribution in [0.4, 0.5) is 14.9 Å². The minimum atomic E-state index is -0.441. The Hall–Kier alpha value is -2.63. The maximum atomic E-state index is 13.7. The lowest BCUT2D eigenvalue weighted by molar-refractivity contribution is 0.212. The lowest BCUT2D eigenvalue weighted by Gasteiger charge is -2.21. The molecule has 116 valence electrons. The number of nitrogens with one attached hydrogen (secondary N) is 1. The molecule has 1 heterocycles. The van der Waals surface area contributed by atoms with Gasteiger partial charge in [-0.2, -0.15) is 0 Å². The molecule has 0 saturated heterocycles. The fraction of sp³-hybridized carbons (Fsp3) is 0.250. The Labute approximate surface area is 128 Å². The number of carbonyl (C=O) groups excluding carboxylic acids is 1. The SMILES string of the molecule is CCN(Cc1ccc(OC)c(F)c1)C(=O)Nc1cccnc1. The third kappa shape index (κ3) is 3.94. The second kappa shape index (κ2) is 7.40. The largest absolute Gasteiger partial charge is 0.494 e. The molecule has 0 aliphatic heterocycles. The van der Waals surface area contributed by atoms with Crippen LogP contribution in [-0.4, -0.2) is 29.6 Å². The highest BCUT2D eigenvalue weighted by atomic mass is 19.1. The number of halogens is 1. The van der Waals surface area contributed by atoms with Gasteiger partial charge in [0, 0.05) is 19.3 Å². The molecule has 2 amide bonds. The highest BCUT2D eigenvalue weighted by Crippen LogP contribution is 2.19. The monoisotopic (exact) mass is 303 g/mol. The first kappa shape index (κ1) is 15.8. The number of carbonyl (C=O) groups is 1. The van der Waals surface area contributed by atoms with E-state index in [4.69, 9.17) is 4.74 Å². The van der Waals surface area contributed by atoms with E-state index in [0.717, 1.165) is 0 Å². The molecule has 0 unspecified atom stereocenters. The zero-order chi connectivity index (χ0) is 15.9. The first-order chi connectivity index (χ1) is 10.6. The summed E-state index contributed by atoms with van der Waals surface area (Å²) in [6.45, 7) is 2.67. The Morgan fingerprint density at radius 2 is 2.23 bits per heavy atom.